The lowest BCUT2D eigenvalue weighted by Gasteiger charge is -2.27. The maximum Gasteiger partial charge on any atom is 0.310 e. The maximum absolute atomic E-state index is 11.9. The summed E-state index contributed by atoms with van der Waals surface area (Å²) in [6.45, 7) is 4.35. The van der Waals surface area contributed by atoms with Gasteiger partial charge in [0.15, 0.2) is 0 Å². The molecule has 0 heterocycles. The molecule has 96 valence electrons. The number of carbonyl (C=O) groups excluding carboxylic acids is 2. The van der Waals surface area contributed by atoms with E-state index in [-0.39, 0.29) is 23.8 Å². The van der Waals surface area contributed by atoms with Crippen LogP contribution in [-0.4, -0.2) is 25.2 Å². The monoisotopic (exact) mass is 240 g/mol. The van der Waals surface area contributed by atoms with E-state index in [0.717, 1.165) is 19.3 Å². The van der Waals surface area contributed by atoms with E-state index in [1.165, 1.54) is 0 Å². The quantitative estimate of drug-likeness (QED) is 0.703. The molecule has 2 fully saturated rings. The van der Waals surface area contributed by atoms with E-state index < -0.39 is 0 Å². The molecule has 0 aromatic rings. The summed E-state index contributed by atoms with van der Waals surface area (Å²) >= 11 is 0. The van der Waals surface area contributed by atoms with Gasteiger partial charge in [-0.1, -0.05) is 0 Å². The summed E-state index contributed by atoms with van der Waals surface area (Å²) in [7, 11) is 0. The lowest BCUT2D eigenvalue weighted by molar-refractivity contribution is -0.162. The largest absolute Gasteiger partial charge is 0.466 e. The smallest absolute Gasteiger partial charge is 0.310 e. The first-order valence-electron chi connectivity index (χ1n) is 6.52. The molecule has 0 amide bonds. The second-order valence-corrected chi connectivity index (χ2v) is 4.89. The molecule has 4 atom stereocenters. The Hall–Kier alpha value is -1.06. The lowest BCUT2D eigenvalue weighted by Crippen LogP contribution is -2.36. The van der Waals surface area contributed by atoms with Gasteiger partial charge >= 0.3 is 11.9 Å². The summed E-state index contributed by atoms with van der Waals surface area (Å²) in [6.07, 6.45) is 3.07. The first-order valence-corrected chi connectivity index (χ1v) is 6.52. The van der Waals surface area contributed by atoms with Gasteiger partial charge in [-0.2, -0.15) is 0 Å². The van der Waals surface area contributed by atoms with Crippen LogP contribution in [0.15, 0.2) is 0 Å². The minimum Gasteiger partial charge on any atom is -0.466 e. The van der Waals surface area contributed by atoms with E-state index in [1.807, 2.05) is 0 Å². The summed E-state index contributed by atoms with van der Waals surface area (Å²) < 4.78 is 10.2. The highest BCUT2D eigenvalue weighted by Gasteiger charge is 2.55. The van der Waals surface area contributed by atoms with Crippen molar-refractivity contribution in [1.82, 2.24) is 0 Å². The van der Waals surface area contributed by atoms with Crippen molar-refractivity contribution in [1.29, 1.82) is 0 Å². The molecular formula is C13H20O4. The van der Waals surface area contributed by atoms with Crippen LogP contribution in [0.1, 0.15) is 33.1 Å². The molecule has 0 saturated heterocycles. The fourth-order valence-electron chi connectivity index (χ4n) is 3.45. The van der Waals surface area contributed by atoms with Gasteiger partial charge in [0, 0.05) is 0 Å². The van der Waals surface area contributed by atoms with Crippen LogP contribution in [0.25, 0.3) is 0 Å². The van der Waals surface area contributed by atoms with Crippen molar-refractivity contribution >= 4 is 11.9 Å². The molecule has 0 aromatic carbocycles. The highest BCUT2D eigenvalue weighted by Crippen LogP contribution is 2.53. The van der Waals surface area contributed by atoms with Crippen molar-refractivity contribution in [3.05, 3.63) is 0 Å². The fourth-order valence-corrected chi connectivity index (χ4v) is 3.45. The third-order valence-electron chi connectivity index (χ3n) is 4.03. The van der Waals surface area contributed by atoms with E-state index in [1.54, 1.807) is 13.8 Å². The summed E-state index contributed by atoms with van der Waals surface area (Å²) in [5.41, 5.74) is 0. The summed E-state index contributed by atoms with van der Waals surface area (Å²) in [5, 5.41) is 0. The molecule has 2 aliphatic carbocycles. The Balaban J connectivity index is 2.11. The first-order chi connectivity index (χ1) is 8.19. The zero-order valence-electron chi connectivity index (χ0n) is 10.5. The van der Waals surface area contributed by atoms with Crippen LogP contribution in [0.5, 0.6) is 0 Å². The summed E-state index contributed by atoms with van der Waals surface area (Å²) in [5.74, 6) is -0.280. The zero-order chi connectivity index (χ0) is 12.4. The third-order valence-corrected chi connectivity index (χ3v) is 4.03. The van der Waals surface area contributed by atoms with E-state index >= 15 is 0 Å². The molecule has 0 radical (unpaired) electrons. The van der Waals surface area contributed by atoms with Crippen LogP contribution < -0.4 is 0 Å². The van der Waals surface area contributed by atoms with Gasteiger partial charge in [-0.25, -0.2) is 0 Å². The minimum absolute atomic E-state index is 0.210. The topological polar surface area (TPSA) is 52.6 Å². The van der Waals surface area contributed by atoms with Gasteiger partial charge in [0.1, 0.15) is 0 Å². The van der Waals surface area contributed by atoms with Crippen molar-refractivity contribution in [2.24, 2.45) is 23.7 Å². The first kappa shape index (κ1) is 12.4. The van der Waals surface area contributed by atoms with E-state index in [4.69, 9.17) is 9.47 Å². The van der Waals surface area contributed by atoms with Crippen LogP contribution in [0.2, 0.25) is 0 Å². The molecule has 2 bridgehead atoms. The molecule has 0 aromatic heterocycles. The second-order valence-electron chi connectivity index (χ2n) is 4.89. The Morgan fingerprint density at radius 3 is 1.71 bits per heavy atom. The normalized spacial score (nSPS) is 34.7. The van der Waals surface area contributed by atoms with Crippen molar-refractivity contribution in [2.45, 2.75) is 33.1 Å². The highest BCUT2D eigenvalue weighted by atomic mass is 16.5. The lowest BCUT2D eigenvalue weighted by atomic mass is 9.79. The van der Waals surface area contributed by atoms with Crippen LogP contribution in [0, 0.1) is 23.7 Å². The molecule has 4 nitrogen and oxygen atoms in total. The standard InChI is InChI=1S/C13H20O4/c1-3-16-12(14)10-8-5-6-9(7-8)11(10)13(15)17-4-2/h8-11H,3-7H2,1-2H3/t8-,9+,10-,11-/m0/s1. The Morgan fingerprint density at radius 1 is 0.941 bits per heavy atom. The SMILES string of the molecule is CCOC(=O)[C@H]1[C@@H]2CC[C@@H](C2)[C@@H]1C(=O)OCC. The maximum atomic E-state index is 11.9. The van der Waals surface area contributed by atoms with Gasteiger partial charge in [0.05, 0.1) is 25.0 Å². The number of hydrogen-bond donors (Lipinski definition) is 0. The van der Waals surface area contributed by atoms with Gasteiger partial charge in [-0.05, 0) is 44.9 Å². The minimum atomic E-state index is -0.257. The number of rotatable bonds is 4. The number of esters is 2. The average molecular weight is 240 g/mol. The fraction of sp³-hybridized carbons (Fsp3) is 0.846. The highest BCUT2D eigenvalue weighted by molar-refractivity contribution is 5.83. The molecule has 2 aliphatic rings. The number of hydrogen-bond acceptors (Lipinski definition) is 4. The van der Waals surface area contributed by atoms with Crippen LogP contribution in [0.4, 0.5) is 0 Å². The molecule has 17 heavy (non-hydrogen) atoms. The summed E-state index contributed by atoms with van der Waals surface area (Å²) in [4.78, 5) is 23.8. The van der Waals surface area contributed by atoms with Crippen molar-refractivity contribution in [3.63, 3.8) is 0 Å². The zero-order valence-corrected chi connectivity index (χ0v) is 10.5. The van der Waals surface area contributed by atoms with Gasteiger partial charge in [0.2, 0.25) is 0 Å². The van der Waals surface area contributed by atoms with Gasteiger partial charge in [-0.3, -0.25) is 9.59 Å². The van der Waals surface area contributed by atoms with Crippen molar-refractivity contribution in [2.75, 3.05) is 13.2 Å². The molecule has 0 unspecified atom stereocenters. The van der Waals surface area contributed by atoms with Gasteiger partial charge in [-0.15, -0.1) is 0 Å². The van der Waals surface area contributed by atoms with Gasteiger partial charge < -0.3 is 9.47 Å². The third kappa shape index (κ3) is 2.17. The Bertz CT molecular complexity index is 283. The molecule has 0 N–H and O–H groups in total. The van der Waals surface area contributed by atoms with E-state index in [2.05, 4.69) is 0 Å². The number of ether oxygens (including phenoxy) is 2. The Labute approximate surface area is 102 Å². The van der Waals surface area contributed by atoms with Gasteiger partial charge in [0.25, 0.3) is 0 Å². The summed E-state index contributed by atoms with van der Waals surface area (Å²) in [6, 6.07) is 0. The average Bonchev–Trinajstić information content (AvgIpc) is 2.89. The van der Waals surface area contributed by atoms with Crippen molar-refractivity contribution < 1.29 is 19.1 Å². The predicted octanol–water partition coefficient (Wildman–Crippen LogP) is 1.77. The second kappa shape index (κ2) is 5.07. The molecular weight excluding hydrogens is 220 g/mol. The van der Waals surface area contributed by atoms with E-state index in [9.17, 15) is 9.59 Å². The molecule has 2 saturated carbocycles. The number of carbonyl (C=O) groups is 2. The van der Waals surface area contributed by atoms with E-state index in [0.29, 0.717) is 25.0 Å². The Kier molecular flexibility index (Phi) is 3.69. The van der Waals surface area contributed by atoms with Crippen LogP contribution >= 0.6 is 0 Å². The van der Waals surface area contributed by atoms with Crippen molar-refractivity contribution in [3.8, 4) is 0 Å². The Morgan fingerprint density at radius 2 is 1.35 bits per heavy atom. The van der Waals surface area contributed by atoms with Crippen LogP contribution in [0.3, 0.4) is 0 Å². The molecule has 0 spiro atoms. The van der Waals surface area contributed by atoms with Crippen LogP contribution in [-0.2, 0) is 19.1 Å². The molecule has 0 aliphatic heterocycles. The predicted molar refractivity (Wildman–Crippen MR) is 61.1 cm³/mol. The number of fused-ring (bicyclic) bond motifs is 2. The molecule has 4 heteroatoms. The molecule has 2 rings (SSSR count).